The Morgan fingerprint density at radius 3 is 2.61 bits per heavy atom. The largest absolute Gasteiger partial charge is 0.396 e. The minimum Gasteiger partial charge on any atom is -0.396 e. The first-order valence-corrected chi connectivity index (χ1v) is 11.1. The SMILES string of the molecule is Cc1ccc(CNC(=O)[C@H]2CC[C@@H](C)N(c3cc(-c4ccc(N)c(F)c4)nc(N)n3)C2)cc1. The van der Waals surface area contributed by atoms with E-state index >= 15 is 0 Å². The number of nitrogen functional groups attached to an aromatic ring is 2. The molecule has 2 heterocycles. The van der Waals surface area contributed by atoms with E-state index in [-0.39, 0.29) is 29.5 Å². The average molecular weight is 449 g/mol. The van der Waals surface area contributed by atoms with Crippen molar-refractivity contribution in [2.24, 2.45) is 5.92 Å². The lowest BCUT2D eigenvalue weighted by Gasteiger charge is -2.38. The number of benzene rings is 2. The van der Waals surface area contributed by atoms with Crippen molar-refractivity contribution in [3.63, 3.8) is 0 Å². The van der Waals surface area contributed by atoms with Crippen LogP contribution in [0.2, 0.25) is 0 Å². The van der Waals surface area contributed by atoms with Gasteiger partial charge in [-0.25, -0.2) is 9.37 Å². The first kappa shape index (κ1) is 22.5. The molecule has 172 valence electrons. The Morgan fingerprint density at radius 1 is 1.12 bits per heavy atom. The Hall–Kier alpha value is -3.68. The molecule has 1 saturated heterocycles. The number of nitrogens with one attached hydrogen (secondary N) is 1. The number of hydrogen-bond acceptors (Lipinski definition) is 6. The summed E-state index contributed by atoms with van der Waals surface area (Å²) in [5, 5.41) is 3.06. The maximum Gasteiger partial charge on any atom is 0.225 e. The molecular weight excluding hydrogens is 419 g/mol. The summed E-state index contributed by atoms with van der Waals surface area (Å²) in [5.74, 6) is 0.0645. The molecule has 1 aromatic heterocycles. The molecule has 33 heavy (non-hydrogen) atoms. The third-order valence-corrected chi connectivity index (χ3v) is 6.16. The third kappa shape index (κ3) is 5.22. The number of aryl methyl sites for hydroxylation is 1. The lowest BCUT2D eigenvalue weighted by molar-refractivity contribution is -0.125. The first-order valence-electron chi connectivity index (χ1n) is 11.1. The summed E-state index contributed by atoms with van der Waals surface area (Å²) in [6.45, 7) is 5.15. The number of aromatic nitrogens is 2. The lowest BCUT2D eigenvalue weighted by atomic mass is 9.92. The maximum absolute atomic E-state index is 14.0. The van der Waals surface area contributed by atoms with Gasteiger partial charge in [0.1, 0.15) is 11.6 Å². The summed E-state index contributed by atoms with van der Waals surface area (Å²) >= 11 is 0. The van der Waals surface area contributed by atoms with E-state index in [0.717, 1.165) is 18.4 Å². The molecule has 8 heteroatoms. The normalized spacial score (nSPS) is 18.2. The molecule has 0 saturated carbocycles. The van der Waals surface area contributed by atoms with Crippen LogP contribution in [0, 0.1) is 18.7 Å². The minimum absolute atomic E-state index is 0.0235. The van der Waals surface area contributed by atoms with Gasteiger partial charge < -0.3 is 21.7 Å². The molecule has 0 radical (unpaired) electrons. The fourth-order valence-corrected chi connectivity index (χ4v) is 4.11. The van der Waals surface area contributed by atoms with E-state index in [2.05, 4.69) is 27.1 Å². The number of halogens is 1. The predicted molar refractivity (Wildman–Crippen MR) is 129 cm³/mol. The number of nitrogens with two attached hydrogens (primary N) is 2. The molecule has 1 amide bonds. The van der Waals surface area contributed by atoms with Crippen molar-refractivity contribution in [3.05, 3.63) is 65.5 Å². The number of anilines is 3. The van der Waals surface area contributed by atoms with Gasteiger partial charge in [-0.3, -0.25) is 4.79 Å². The number of nitrogens with zero attached hydrogens (tertiary/aromatic N) is 3. The van der Waals surface area contributed by atoms with E-state index in [1.807, 2.05) is 31.2 Å². The summed E-state index contributed by atoms with van der Waals surface area (Å²) in [5.41, 5.74) is 15.0. The van der Waals surface area contributed by atoms with Gasteiger partial charge in [-0.1, -0.05) is 35.9 Å². The Kier molecular flexibility index (Phi) is 6.44. The highest BCUT2D eigenvalue weighted by molar-refractivity contribution is 5.79. The van der Waals surface area contributed by atoms with Crippen LogP contribution in [0.5, 0.6) is 0 Å². The van der Waals surface area contributed by atoms with E-state index in [9.17, 15) is 9.18 Å². The molecule has 5 N–H and O–H groups in total. The van der Waals surface area contributed by atoms with Crippen LogP contribution in [-0.4, -0.2) is 28.5 Å². The van der Waals surface area contributed by atoms with Gasteiger partial charge >= 0.3 is 0 Å². The first-order chi connectivity index (χ1) is 15.8. The highest BCUT2D eigenvalue weighted by Gasteiger charge is 2.31. The van der Waals surface area contributed by atoms with Crippen molar-refractivity contribution in [1.82, 2.24) is 15.3 Å². The maximum atomic E-state index is 14.0. The van der Waals surface area contributed by atoms with E-state index < -0.39 is 5.82 Å². The van der Waals surface area contributed by atoms with Crippen molar-refractivity contribution in [3.8, 4) is 11.3 Å². The van der Waals surface area contributed by atoms with Gasteiger partial charge in [0.15, 0.2) is 0 Å². The molecule has 2 atom stereocenters. The van der Waals surface area contributed by atoms with Crippen molar-refractivity contribution in [1.29, 1.82) is 0 Å². The number of carbonyl (C=O) groups excluding carboxylic acids is 1. The van der Waals surface area contributed by atoms with Crippen molar-refractivity contribution in [2.75, 3.05) is 22.9 Å². The summed E-state index contributed by atoms with van der Waals surface area (Å²) in [6, 6.07) is 14.6. The zero-order chi connectivity index (χ0) is 23.5. The third-order valence-electron chi connectivity index (χ3n) is 6.16. The summed E-state index contributed by atoms with van der Waals surface area (Å²) in [6.07, 6.45) is 1.65. The van der Waals surface area contributed by atoms with E-state index in [1.165, 1.54) is 17.7 Å². The van der Waals surface area contributed by atoms with Crippen LogP contribution in [0.1, 0.15) is 30.9 Å². The number of rotatable bonds is 5. The van der Waals surface area contributed by atoms with Gasteiger partial charge in [-0.05, 0) is 44.4 Å². The van der Waals surface area contributed by atoms with Crippen molar-refractivity contribution in [2.45, 2.75) is 39.3 Å². The zero-order valence-corrected chi connectivity index (χ0v) is 18.9. The van der Waals surface area contributed by atoms with Gasteiger partial charge in [-0.2, -0.15) is 4.98 Å². The molecule has 0 unspecified atom stereocenters. The molecule has 4 rings (SSSR count). The van der Waals surface area contributed by atoms with Crippen molar-refractivity contribution < 1.29 is 9.18 Å². The molecule has 0 aliphatic carbocycles. The summed E-state index contributed by atoms with van der Waals surface area (Å²) < 4.78 is 14.0. The number of carbonyl (C=O) groups is 1. The fraction of sp³-hybridized carbons (Fsp3) is 0.320. The quantitative estimate of drug-likeness (QED) is 0.514. The molecule has 7 nitrogen and oxygen atoms in total. The van der Waals surface area contributed by atoms with Gasteiger partial charge in [0.05, 0.1) is 17.3 Å². The second-order valence-corrected chi connectivity index (χ2v) is 8.68. The minimum atomic E-state index is -0.511. The molecule has 0 spiro atoms. The van der Waals surface area contributed by atoms with Gasteiger partial charge in [0, 0.05) is 30.8 Å². The highest BCUT2D eigenvalue weighted by atomic mass is 19.1. The topological polar surface area (TPSA) is 110 Å². The smallest absolute Gasteiger partial charge is 0.225 e. The van der Waals surface area contributed by atoms with E-state index in [1.54, 1.807) is 12.1 Å². The Bertz CT molecular complexity index is 1150. The molecule has 1 fully saturated rings. The van der Waals surface area contributed by atoms with E-state index in [4.69, 9.17) is 11.5 Å². The Balaban J connectivity index is 1.50. The Morgan fingerprint density at radius 2 is 1.88 bits per heavy atom. The van der Waals surface area contributed by atoms with Crippen molar-refractivity contribution >= 4 is 23.4 Å². The average Bonchev–Trinajstić information content (AvgIpc) is 2.80. The second kappa shape index (κ2) is 9.44. The lowest BCUT2D eigenvalue weighted by Crippen LogP contribution is -2.47. The van der Waals surface area contributed by atoms with Crippen LogP contribution in [0.25, 0.3) is 11.3 Å². The number of piperidine rings is 1. The van der Waals surface area contributed by atoms with Gasteiger partial charge in [0.2, 0.25) is 11.9 Å². The second-order valence-electron chi connectivity index (χ2n) is 8.68. The standard InChI is InChI=1S/C25H29FN6O/c1-15-3-6-17(7-4-15)13-29-24(33)19-8-5-16(2)32(14-19)23-12-22(30-25(28)31-23)18-9-10-21(27)20(26)11-18/h3-4,6-7,9-12,16,19H,5,8,13-14,27H2,1-2H3,(H,29,33)(H2,28,30,31)/t16-,19+/m1/s1. The molecule has 3 aromatic rings. The molecule has 1 aliphatic heterocycles. The van der Waals surface area contributed by atoms with Crippen LogP contribution in [-0.2, 0) is 11.3 Å². The van der Waals surface area contributed by atoms with Gasteiger partial charge in [0.25, 0.3) is 0 Å². The van der Waals surface area contributed by atoms with Crippen LogP contribution >= 0.6 is 0 Å². The monoisotopic (exact) mass is 448 g/mol. The molecule has 2 aromatic carbocycles. The molecular formula is C25H29FN6O. The van der Waals surface area contributed by atoms with Crippen LogP contribution in [0.3, 0.4) is 0 Å². The van der Waals surface area contributed by atoms with Crippen LogP contribution in [0.15, 0.2) is 48.5 Å². The number of hydrogen-bond donors (Lipinski definition) is 3. The Labute approximate surface area is 193 Å². The summed E-state index contributed by atoms with van der Waals surface area (Å²) in [7, 11) is 0. The molecule has 0 bridgehead atoms. The van der Waals surface area contributed by atoms with Crippen LogP contribution in [0.4, 0.5) is 21.8 Å². The van der Waals surface area contributed by atoms with E-state index in [0.29, 0.717) is 30.2 Å². The predicted octanol–water partition coefficient (Wildman–Crippen LogP) is 3.68. The zero-order valence-electron chi connectivity index (χ0n) is 18.9. The molecule has 1 aliphatic rings. The highest BCUT2D eigenvalue weighted by Crippen LogP contribution is 2.30. The van der Waals surface area contributed by atoms with Gasteiger partial charge in [-0.15, -0.1) is 0 Å². The summed E-state index contributed by atoms with van der Waals surface area (Å²) in [4.78, 5) is 23.7. The fourth-order valence-electron chi connectivity index (χ4n) is 4.11. The van der Waals surface area contributed by atoms with Crippen LogP contribution < -0.4 is 21.7 Å². The number of amides is 1.